The minimum absolute atomic E-state index is 0.455. The predicted molar refractivity (Wildman–Crippen MR) is 76.6 cm³/mol. The number of hydrogen-bond donors (Lipinski definition) is 0. The lowest BCUT2D eigenvalue weighted by atomic mass is 10.1. The van der Waals surface area contributed by atoms with Gasteiger partial charge in [-0.05, 0) is 19.1 Å². The summed E-state index contributed by atoms with van der Waals surface area (Å²) in [7, 11) is 0. The van der Waals surface area contributed by atoms with Crippen LogP contribution >= 0.6 is 0 Å². The minimum atomic E-state index is 0.455. The third-order valence-electron chi connectivity index (χ3n) is 3.01. The molecule has 0 atom stereocenters. The summed E-state index contributed by atoms with van der Waals surface area (Å²) in [6.45, 7) is 2.52. The molecule has 2 aromatic carbocycles. The van der Waals surface area contributed by atoms with Crippen LogP contribution in [0, 0.1) is 6.92 Å². The highest BCUT2D eigenvalue weighted by atomic mass is 16.5. The molecule has 0 spiro atoms. The Morgan fingerprint density at radius 2 is 1.58 bits per heavy atom. The van der Waals surface area contributed by atoms with Gasteiger partial charge in [-0.15, -0.1) is 10.2 Å². The van der Waals surface area contributed by atoms with E-state index in [0.717, 1.165) is 16.8 Å². The SMILES string of the molecule is Cc1ccc(C2=NN=C(c3ccccc3)OC2)cc1. The van der Waals surface area contributed by atoms with Gasteiger partial charge in [0.1, 0.15) is 12.3 Å². The quantitative estimate of drug-likeness (QED) is 0.806. The van der Waals surface area contributed by atoms with Crippen LogP contribution in [0.25, 0.3) is 0 Å². The van der Waals surface area contributed by atoms with E-state index in [9.17, 15) is 0 Å². The first-order valence-corrected chi connectivity index (χ1v) is 6.23. The third kappa shape index (κ3) is 2.55. The molecule has 0 amide bonds. The van der Waals surface area contributed by atoms with Gasteiger partial charge in [-0.3, -0.25) is 0 Å². The Kier molecular flexibility index (Phi) is 3.11. The molecule has 3 rings (SSSR count). The first-order chi connectivity index (χ1) is 9.33. The Labute approximate surface area is 112 Å². The highest BCUT2D eigenvalue weighted by Crippen LogP contribution is 2.11. The van der Waals surface area contributed by atoms with E-state index in [1.165, 1.54) is 5.56 Å². The van der Waals surface area contributed by atoms with Gasteiger partial charge in [0, 0.05) is 11.1 Å². The highest BCUT2D eigenvalue weighted by Gasteiger charge is 2.13. The van der Waals surface area contributed by atoms with Gasteiger partial charge in [-0.1, -0.05) is 48.0 Å². The molecule has 0 aromatic heterocycles. The summed E-state index contributed by atoms with van der Waals surface area (Å²) in [4.78, 5) is 0. The van der Waals surface area contributed by atoms with Gasteiger partial charge < -0.3 is 4.74 Å². The van der Waals surface area contributed by atoms with Crippen molar-refractivity contribution in [3.63, 3.8) is 0 Å². The third-order valence-corrected chi connectivity index (χ3v) is 3.01. The fraction of sp³-hybridized carbons (Fsp3) is 0.125. The van der Waals surface area contributed by atoms with E-state index in [2.05, 4.69) is 29.3 Å². The predicted octanol–water partition coefficient (Wildman–Crippen LogP) is 3.18. The molecule has 2 aromatic rings. The molecule has 19 heavy (non-hydrogen) atoms. The molecule has 1 aliphatic heterocycles. The van der Waals surface area contributed by atoms with Gasteiger partial charge in [-0.2, -0.15) is 0 Å². The van der Waals surface area contributed by atoms with Crippen LogP contribution < -0.4 is 0 Å². The molecule has 1 aliphatic rings. The van der Waals surface area contributed by atoms with Crippen molar-refractivity contribution in [2.24, 2.45) is 10.2 Å². The number of ether oxygens (including phenoxy) is 1. The Balaban J connectivity index is 1.86. The fourth-order valence-corrected chi connectivity index (χ4v) is 1.91. The molecule has 3 nitrogen and oxygen atoms in total. The molecule has 0 unspecified atom stereocenters. The maximum atomic E-state index is 5.68. The zero-order valence-corrected chi connectivity index (χ0v) is 10.7. The summed E-state index contributed by atoms with van der Waals surface area (Å²) in [6.07, 6.45) is 0. The number of hydrogen-bond acceptors (Lipinski definition) is 3. The maximum absolute atomic E-state index is 5.68. The maximum Gasteiger partial charge on any atom is 0.241 e. The Morgan fingerprint density at radius 1 is 0.842 bits per heavy atom. The largest absolute Gasteiger partial charge is 0.470 e. The van der Waals surface area contributed by atoms with Gasteiger partial charge >= 0.3 is 0 Å². The summed E-state index contributed by atoms with van der Waals surface area (Å²) in [5, 5.41) is 8.43. The van der Waals surface area contributed by atoms with E-state index < -0.39 is 0 Å². The normalized spacial score (nSPS) is 14.4. The molecule has 3 heteroatoms. The molecule has 0 radical (unpaired) electrons. The first-order valence-electron chi connectivity index (χ1n) is 6.23. The van der Waals surface area contributed by atoms with Crippen molar-refractivity contribution in [3.05, 3.63) is 71.3 Å². The molecule has 0 bridgehead atoms. The topological polar surface area (TPSA) is 34.0 Å². The molecule has 0 saturated heterocycles. The molecular weight excluding hydrogens is 236 g/mol. The minimum Gasteiger partial charge on any atom is -0.470 e. The van der Waals surface area contributed by atoms with Gasteiger partial charge in [0.05, 0.1) is 0 Å². The zero-order valence-electron chi connectivity index (χ0n) is 10.7. The summed E-state index contributed by atoms with van der Waals surface area (Å²) >= 11 is 0. The van der Waals surface area contributed by atoms with Crippen molar-refractivity contribution in [2.75, 3.05) is 6.61 Å². The Morgan fingerprint density at radius 3 is 2.21 bits per heavy atom. The average Bonchev–Trinajstić information content (AvgIpc) is 2.49. The molecule has 0 N–H and O–H groups in total. The van der Waals surface area contributed by atoms with E-state index in [-0.39, 0.29) is 0 Å². The molecule has 0 aliphatic carbocycles. The van der Waals surface area contributed by atoms with Gasteiger partial charge in [0.2, 0.25) is 5.90 Å². The van der Waals surface area contributed by atoms with Gasteiger partial charge in [-0.25, -0.2) is 0 Å². The monoisotopic (exact) mass is 250 g/mol. The second kappa shape index (κ2) is 5.06. The van der Waals surface area contributed by atoms with Crippen LogP contribution in [0.2, 0.25) is 0 Å². The second-order valence-corrected chi connectivity index (χ2v) is 4.47. The van der Waals surface area contributed by atoms with Crippen molar-refractivity contribution >= 4 is 11.6 Å². The summed E-state index contributed by atoms with van der Waals surface area (Å²) < 4.78 is 5.68. The van der Waals surface area contributed by atoms with Crippen LogP contribution in [0.5, 0.6) is 0 Å². The lowest BCUT2D eigenvalue weighted by molar-refractivity contribution is 0.357. The van der Waals surface area contributed by atoms with E-state index in [0.29, 0.717) is 12.5 Å². The van der Waals surface area contributed by atoms with Crippen molar-refractivity contribution in [1.82, 2.24) is 0 Å². The molecule has 94 valence electrons. The summed E-state index contributed by atoms with van der Waals surface area (Å²) in [5.74, 6) is 0.580. The average molecular weight is 250 g/mol. The number of rotatable bonds is 2. The first kappa shape index (κ1) is 11.7. The van der Waals surface area contributed by atoms with Crippen molar-refractivity contribution in [2.45, 2.75) is 6.92 Å². The van der Waals surface area contributed by atoms with Crippen molar-refractivity contribution in [3.8, 4) is 0 Å². The Hall–Kier alpha value is -2.42. The molecule has 0 saturated carbocycles. The summed E-state index contributed by atoms with van der Waals surface area (Å²) in [6, 6.07) is 18.0. The Bertz CT molecular complexity index is 628. The summed E-state index contributed by atoms with van der Waals surface area (Å²) in [5.41, 5.74) is 4.10. The standard InChI is InChI=1S/C16H14N2O/c1-12-7-9-13(10-8-12)15-11-19-16(18-17-15)14-5-3-2-4-6-14/h2-10H,11H2,1H3. The van der Waals surface area contributed by atoms with Crippen LogP contribution in [0.1, 0.15) is 16.7 Å². The molecule has 1 heterocycles. The number of nitrogens with zero attached hydrogens (tertiary/aromatic N) is 2. The molecule has 0 fully saturated rings. The molecular formula is C16H14N2O. The van der Waals surface area contributed by atoms with Crippen LogP contribution in [-0.2, 0) is 4.74 Å². The van der Waals surface area contributed by atoms with E-state index in [4.69, 9.17) is 4.74 Å². The lowest BCUT2D eigenvalue weighted by Gasteiger charge is -2.14. The van der Waals surface area contributed by atoms with Gasteiger partial charge in [0.15, 0.2) is 0 Å². The number of aryl methyl sites for hydroxylation is 1. The zero-order chi connectivity index (χ0) is 13.1. The van der Waals surface area contributed by atoms with E-state index >= 15 is 0 Å². The van der Waals surface area contributed by atoms with Crippen LogP contribution in [-0.4, -0.2) is 18.2 Å². The second-order valence-electron chi connectivity index (χ2n) is 4.47. The van der Waals surface area contributed by atoms with E-state index in [1.54, 1.807) is 0 Å². The van der Waals surface area contributed by atoms with Crippen molar-refractivity contribution < 1.29 is 4.74 Å². The fourth-order valence-electron chi connectivity index (χ4n) is 1.91. The van der Waals surface area contributed by atoms with Crippen molar-refractivity contribution in [1.29, 1.82) is 0 Å². The van der Waals surface area contributed by atoms with E-state index in [1.807, 2.05) is 42.5 Å². The van der Waals surface area contributed by atoms with Crippen LogP contribution in [0.4, 0.5) is 0 Å². The van der Waals surface area contributed by atoms with Crippen LogP contribution in [0.3, 0.4) is 0 Å². The number of benzene rings is 2. The smallest absolute Gasteiger partial charge is 0.241 e. The lowest BCUT2D eigenvalue weighted by Crippen LogP contribution is -2.19. The van der Waals surface area contributed by atoms with Crippen LogP contribution in [0.15, 0.2) is 64.8 Å². The highest BCUT2D eigenvalue weighted by molar-refractivity contribution is 6.06. The van der Waals surface area contributed by atoms with Gasteiger partial charge in [0.25, 0.3) is 0 Å².